The largest absolute Gasteiger partial charge is 0.478 e. The topological polar surface area (TPSA) is 38.3 Å². The number of carbonyl (C=O) groups is 1. The van der Waals surface area contributed by atoms with Crippen LogP contribution in [-0.4, -0.2) is 19.1 Å². The third-order valence-corrected chi connectivity index (χ3v) is 3.82. The van der Waals surface area contributed by atoms with Crippen LogP contribution in [0.3, 0.4) is 0 Å². The number of carbonyl (C=O) groups excluding carboxylic acids is 1. The van der Waals surface area contributed by atoms with Crippen molar-refractivity contribution in [2.75, 3.05) is 13.2 Å². The number of amides is 1. The second-order valence-electron chi connectivity index (χ2n) is 5.33. The first-order valence-corrected chi connectivity index (χ1v) is 7.34. The SMILES string of the molecule is C#CCOc1ccc(C(=O)NCCC2CCCC2)cc1F. The molecular weight excluding hydrogens is 269 g/mol. The fourth-order valence-corrected chi connectivity index (χ4v) is 2.67. The van der Waals surface area contributed by atoms with Gasteiger partial charge in [0.15, 0.2) is 11.6 Å². The molecule has 0 bridgehead atoms. The van der Waals surface area contributed by atoms with Gasteiger partial charge in [-0.05, 0) is 30.5 Å². The molecule has 0 heterocycles. The summed E-state index contributed by atoms with van der Waals surface area (Å²) in [5, 5.41) is 2.84. The molecule has 4 heteroatoms. The van der Waals surface area contributed by atoms with Gasteiger partial charge in [-0.25, -0.2) is 4.39 Å². The molecule has 0 unspecified atom stereocenters. The van der Waals surface area contributed by atoms with E-state index in [0.717, 1.165) is 12.3 Å². The van der Waals surface area contributed by atoms with Crippen molar-refractivity contribution in [1.82, 2.24) is 5.32 Å². The highest BCUT2D eigenvalue weighted by Crippen LogP contribution is 2.27. The van der Waals surface area contributed by atoms with Gasteiger partial charge in [-0.1, -0.05) is 31.6 Å². The van der Waals surface area contributed by atoms with E-state index in [-0.39, 0.29) is 18.3 Å². The first-order valence-electron chi connectivity index (χ1n) is 7.34. The van der Waals surface area contributed by atoms with E-state index in [4.69, 9.17) is 11.2 Å². The van der Waals surface area contributed by atoms with Crippen molar-refractivity contribution in [3.8, 4) is 18.1 Å². The third kappa shape index (κ3) is 4.49. The minimum absolute atomic E-state index is 0.00382. The van der Waals surface area contributed by atoms with Gasteiger partial charge in [0.25, 0.3) is 5.91 Å². The van der Waals surface area contributed by atoms with Crippen molar-refractivity contribution in [2.45, 2.75) is 32.1 Å². The highest BCUT2D eigenvalue weighted by atomic mass is 19.1. The Morgan fingerprint density at radius 3 is 2.86 bits per heavy atom. The fraction of sp³-hybridized carbons (Fsp3) is 0.471. The van der Waals surface area contributed by atoms with Crippen LogP contribution in [0.15, 0.2) is 18.2 Å². The third-order valence-electron chi connectivity index (χ3n) is 3.82. The maximum Gasteiger partial charge on any atom is 0.251 e. The number of nitrogens with one attached hydrogen (secondary N) is 1. The van der Waals surface area contributed by atoms with Crippen LogP contribution >= 0.6 is 0 Å². The number of rotatable bonds is 6. The highest BCUT2D eigenvalue weighted by Gasteiger charge is 2.15. The molecule has 1 aliphatic carbocycles. The molecule has 0 atom stereocenters. The molecular formula is C17H20FNO2. The van der Waals surface area contributed by atoms with Crippen LogP contribution < -0.4 is 10.1 Å². The molecule has 1 aromatic carbocycles. The van der Waals surface area contributed by atoms with Gasteiger partial charge >= 0.3 is 0 Å². The molecule has 1 N–H and O–H groups in total. The van der Waals surface area contributed by atoms with E-state index in [2.05, 4.69) is 11.2 Å². The summed E-state index contributed by atoms with van der Waals surface area (Å²) >= 11 is 0. The van der Waals surface area contributed by atoms with E-state index >= 15 is 0 Å². The average molecular weight is 289 g/mol. The van der Waals surface area contributed by atoms with Crippen molar-refractivity contribution < 1.29 is 13.9 Å². The van der Waals surface area contributed by atoms with Crippen molar-refractivity contribution in [1.29, 1.82) is 0 Å². The second-order valence-corrected chi connectivity index (χ2v) is 5.33. The van der Waals surface area contributed by atoms with Crippen LogP contribution in [-0.2, 0) is 0 Å². The highest BCUT2D eigenvalue weighted by molar-refractivity contribution is 5.94. The summed E-state index contributed by atoms with van der Waals surface area (Å²) in [5.74, 6) is 2.23. The molecule has 21 heavy (non-hydrogen) atoms. The Hall–Kier alpha value is -2.02. The van der Waals surface area contributed by atoms with E-state index in [1.807, 2.05) is 0 Å². The van der Waals surface area contributed by atoms with E-state index in [1.54, 1.807) is 6.07 Å². The maximum atomic E-state index is 13.7. The lowest BCUT2D eigenvalue weighted by atomic mass is 10.0. The number of ether oxygens (including phenoxy) is 1. The first-order chi connectivity index (χ1) is 10.2. The minimum atomic E-state index is -0.575. The molecule has 0 spiro atoms. The molecule has 0 aliphatic heterocycles. The van der Waals surface area contributed by atoms with Gasteiger partial charge in [0, 0.05) is 12.1 Å². The Balaban J connectivity index is 1.84. The van der Waals surface area contributed by atoms with E-state index in [0.29, 0.717) is 12.1 Å². The molecule has 1 saturated carbocycles. The molecule has 0 radical (unpaired) electrons. The number of halogens is 1. The van der Waals surface area contributed by atoms with Crippen LogP contribution in [0.4, 0.5) is 4.39 Å². The second kappa shape index (κ2) is 7.68. The number of hydrogen-bond donors (Lipinski definition) is 1. The Bertz CT molecular complexity index is 530. The fourth-order valence-electron chi connectivity index (χ4n) is 2.67. The van der Waals surface area contributed by atoms with Crippen LogP contribution in [0.2, 0.25) is 0 Å². The summed E-state index contributed by atoms with van der Waals surface area (Å²) in [7, 11) is 0. The molecule has 0 aromatic heterocycles. The molecule has 0 saturated heterocycles. The van der Waals surface area contributed by atoms with E-state index in [1.165, 1.54) is 37.8 Å². The lowest BCUT2D eigenvalue weighted by Gasteiger charge is -2.10. The van der Waals surface area contributed by atoms with Crippen molar-refractivity contribution in [3.63, 3.8) is 0 Å². The summed E-state index contributed by atoms with van der Waals surface area (Å²) in [6, 6.07) is 4.15. The van der Waals surface area contributed by atoms with Gasteiger partial charge < -0.3 is 10.1 Å². The maximum absolute atomic E-state index is 13.7. The Morgan fingerprint density at radius 1 is 1.43 bits per heavy atom. The standard InChI is InChI=1S/C17H20FNO2/c1-2-11-21-16-8-7-14(12-15(16)18)17(20)19-10-9-13-5-3-4-6-13/h1,7-8,12-13H,3-6,9-11H2,(H,19,20). The normalized spacial score (nSPS) is 14.7. The van der Waals surface area contributed by atoms with Gasteiger partial charge in [0.1, 0.15) is 6.61 Å². The number of benzene rings is 1. The predicted molar refractivity (Wildman–Crippen MR) is 79.6 cm³/mol. The number of hydrogen-bond acceptors (Lipinski definition) is 2. The van der Waals surface area contributed by atoms with Crippen LogP contribution in [0.1, 0.15) is 42.5 Å². The Kier molecular flexibility index (Phi) is 5.62. The van der Waals surface area contributed by atoms with Crippen molar-refractivity contribution >= 4 is 5.91 Å². The molecule has 1 aliphatic rings. The van der Waals surface area contributed by atoms with Crippen LogP contribution in [0.25, 0.3) is 0 Å². The summed E-state index contributed by atoms with van der Waals surface area (Å²) in [5.41, 5.74) is 0.298. The van der Waals surface area contributed by atoms with E-state index in [9.17, 15) is 9.18 Å². The monoisotopic (exact) mass is 289 g/mol. The molecule has 3 nitrogen and oxygen atoms in total. The minimum Gasteiger partial charge on any atom is -0.478 e. The smallest absolute Gasteiger partial charge is 0.251 e. The lowest BCUT2D eigenvalue weighted by Crippen LogP contribution is -2.25. The van der Waals surface area contributed by atoms with Crippen molar-refractivity contribution in [3.05, 3.63) is 29.6 Å². The predicted octanol–water partition coefficient (Wildman–Crippen LogP) is 3.15. The zero-order chi connectivity index (χ0) is 15.1. The molecule has 1 fully saturated rings. The number of terminal acetylenes is 1. The van der Waals surface area contributed by atoms with Gasteiger partial charge in [-0.15, -0.1) is 6.42 Å². The Morgan fingerprint density at radius 2 is 2.19 bits per heavy atom. The van der Waals surface area contributed by atoms with Gasteiger partial charge in [-0.2, -0.15) is 0 Å². The lowest BCUT2D eigenvalue weighted by molar-refractivity contribution is 0.0951. The van der Waals surface area contributed by atoms with Crippen LogP contribution in [0.5, 0.6) is 5.75 Å². The first kappa shape index (κ1) is 15.4. The molecule has 1 aromatic rings. The van der Waals surface area contributed by atoms with Gasteiger partial charge in [0.2, 0.25) is 0 Å². The molecule has 2 rings (SSSR count). The Labute approximate surface area is 124 Å². The zero-order valence-corrected chi connectivity index (χ0v) is 12.0. The zero-order valence-electron chi connectivity index (χ0n) is 12.0. The average Bonchev–Trinajstić information content (AvgIpc) is 2.99. The molecule has 1 amide bonds. The van der Waals surface area contributed by atoms with Gasteiger partial charge in [-0.3, -0.25) is 4.79 Å². The van der Waals surface area contributed by atoms with Crippen LogP contribution in [0, 0.1) is 24.1 Å². The van der Waals surface area contributed by atoms with Crippen molar-refractivity contribution in [2.24, 2.45) is 5.92 Å². The summed E-state index contributed by atoms with van der Waals surface area (Å²) in [4.78, 5) is 11.9. The quantitative estimate of drug-likeness (QED) is 0.817. The summed E-state index contributed by atoms with van der Waals surface area (Å²) < 4.78 is 18.8. The summed E-state index contributed by atoms with van der Waals surface area (Å²) in [6.45, 7) is 0.643. The van der Waals surface area contributed by atoms with E-state index < -0.39 is 5.82 Å². The molecule has 112 valence electrons. The summed E-state index contributed by atoms with van der Waals surface area (Å²) in [6.07, 6.45) is 11.1. The van der Waals surface area contributed by atoms with Gasteiger partial charge in [0.05, 0.1) is 0 Å².